The molecule has 1 saturated carbocycles. The SMILES string of the molecule is O=C(CNCC(=O)N1CCCCCC1)NC1CC1. The Balaban J connectivity index is 1.59. The van der Waals surface area contributed by atoms with Crippen molar-refractivity contribution in [2.24, 2.45) is 0 Å². The van der Waals surface area contributed by atoms with Gasteiger partial charge in [-0.1, -0.05) is 12.8 Å². The van der Waals surface area contributed by atoms with E-state index in [1.807, 2.05) is 4.90 Å². The zero-order valence-corrected chi connectivity index (χ0v) is 10.9. The highest BCUT2D eigenvalue weighted by Gasteiger charge is 2.23. The van der Waals surface area contributed by atoms with Gasteiger partial charge in [0.2, 0.25) is 11.8 Å². The summed E-state index contributed by atoms with van der Waals surface area (Å²) >= 11 is 0. The average molecular weight is 253 g/mol. The van der Waals surface area contributed by atoms with Crippen molar-refractivity contribution in [3.05, 3.63) is 0 Å². The van der Waals surface area contributed by atoms with E-state index in [9.17, 15) is 9.59 Å². The number of nitrogens with zero attached hydrogens (tertiary/aromatic N) is 1. The summed E-state index contributed by atoms with van der Waals surface area (Å²) in [7, 11) is 0. The van der Waals surface area contributed by atoms with E-state index >= 15 is 0 Å². The van der Waals surface area contributed by atoms with Gasteiger partial charge in [0, 0.05) is 19.1 Å². The number of amides is 2. The fourth-order valence-electron chi connectivity index (χ4n) is 2.22. The molecule has 0 unspecified atom stereocenters. The predicted molar refractivity (Wildman–Crippen MR) is 69.1 cm³/mol. The molecule has 5 heteroatoms. The van der Waals surface area contributed by atoms with E-state index in [4.69, 9.17) is 0 Å². The van der Waals surface area contributed by atoms with E-state index in [0.717, 1.165) is 38.8 Å². The number of nitrogens with one attached hydrogen (secondary N) is 2. The van der Waals surface area contributed by atoms with Crippen LogP contribution in [0.5, 0.6) is 0 Å². The normalized spacial score (nSPS) is 20.3. The van der Waals surface area contributed by atoms with Crippen molar-refractivity contribution in [2.45, 2.75) is 44.6 Å². The molecule has 0 aromatic rings. The second kappa shape index (κ2) is 6.73. The first kappa shape index (κ1) is 13.3. The maximum atomic E-state index is 11.9. The van der Waals surface area contributed by atoms with Crippen LogP contribution in [0, 0.1) is 0 Å². The van der Waals surface area contributed by atoms with Crippen LogP contribution in [0.15, 0.2) is 0 Å². The summed E-state index contributed by atoms with van der Waals surface area (Å²) in [6, 6.07) is 0.389. The minimum Gasteiger partial charge on any atom is -0.352 e. The molecule has 18 heavy (non-hydrogen) atoms. The van der Waals surface area contributed by atoms with E-state index in [1.165, 1.54) is 12.8 Å². The summed E-state index contributed by atoms with van der Waals surface area (Å²) in [6.45, 7) is 2.26. The van der Waals surface area contributed by atoms with Crippen LogP contribution in [0.1, 0.15) is 38.5 Å². The highest BCUT2D eigenvalue weighted by Crippen LogP contribution is 2.18. The van der Waals surface area contributed by atoms with Crippen molar-refractivity contribution < 1.29 is 9.59 Å². The number of carbonyl (C=O) groups is 2. The maximum Gasteiger partial charge on any atom is 0.236 e. The number of hydrogen-bond donors (Lipinski definition) is 2. The molecule has 0 aromatic carbocycles. The molecule has 2 amide bonds. The predicted octanol–water partition coefficient (Wildman–Crippen LogP) is 0.257. The number of carbonyl (C=O) groups excluding carboxylic acids is 2. The highest BCUT2D eigenvalue weighted by molar-refractivity contribution is 5.81. The molecule has 1 aliphatic carbocycles. The first-order chi connectivity index (χ1) is 8.75. The van der Waals surface area contributed by atoms with E-state index in [2.05, 4.69) is 10.6 Å². The molecule has 2 N–H and O–H groups in total. The van der Waals surface area contributed by atoms with Crippen LogP contribution in [0.2, 0.25) is 0 Å². The summed E-state index contributed by atoms with van der Waals surface area (Å²) in [5.74, 6) is 0.122. The Hall–Kier alpha value is -1.10. The van der Waals surface area contributed by atoms with Gasteiger partial charge in [-0.15, -0.1) is 0 Å². The molecule has 0 aromatic heterocycles. The van der Waals surface area contributed by atoms with Crippen molar-refractivity contribution in [3.63, 3.8) is 0 Å². The Morgan fingerprint density at radius 1 is 1.00 bits per heavy atom. The van der Waals surface area contributed by atoms with Crippen LogP contribution < -0.4 is 10.6 Å². The molecule has 2 rings (SSSR count). The van der Waals surface area contributed by atoms with Crippen molar-refractivity contribution >= 4 is 11.8 Å². The van der Waals surface area contributed by atoms with E-state index in [0.29, 0.717) is 6.04 Å². The largest absolute Gasteiger partial charge is 0.352 e. The summed E-state index contributed by atoms with van der Waals surface area (Å²) < 4.78 is 0. The Bertz CT molecular complexity index is 295. The lowest BCUT2D eigenvalue weighted by Gasteiger charge is -2.20. The molecule has 0 spiro atoms. The number of rotatable bonds is 5. The summed E-state index contributed by atoms with van der Waals surface area (Å²) in [5.41, 5.74) is 0. The standard InChI is InChI=1S/C13H23N3O2/c17-12(15-11-5-6-11)9-14-10-13(18)16-7-3-1-2-4-8-16/h11,14H,1-10H2,(H,15,17). The van der Waals surface area contributed by atoms with E-state index in [-0.39, 0.29) is 24.9 Å². The van der Waals surface area contributed by atoms with Crippen LogP contribution in [-0.2, 0) is 9.59 Å². The van der Waals surface area contributed by atoms with Gasteiger partial charge >= 0.3 is 0 Å². The van der Waals surface area contributed by atoms with Crippen molar-refractivity contribution in [1.29, 1.82) is 0 Å². The van der Waals surface area contributed by atoms with Gasteiger partial charge < -0.3 is 10.2 Å². The van der Waals surface area contributed by atoms with Gasteiger partial charge in [-0.05, 0) is 25.7 Å². The van der Waals surface area contributed by atoms with Gasteiger partial charge in [-0.3, -0.25) is 14.9 Å². The van der Waals surface area contributed by atoms with Crippen molar-refractivity contribution in [3.8, 4) is 0 Å². The molecule has 2 aliphatic rings. The second-order valence-corrected chi connectivity index (χ2v) is 5.24. The smallest absolute Gasteiger partial charge is 0.236 e. The summed E-state index contributed by atoms with van der Waals surface area (Å²) in [5, 5.41) is 5.82. The molecule has 1 aliphatic heterocycles. The van der Waals surface area contributed by atoms with Gasteiger partial charge in [-0.2, -0.15) is 0 Å². The van der Waals surface area contributed by atoms with Crippen LogP contribution in [-0.4, -0.2) is 48.9 Å². The Labute approximate surface area is 108 Å². The Morgan fingerprint density at radius 3 is 2.28 bits per heavy atom. The molecule has 1 heterocycles. The zero-order chi connectivity index (χ0) is 12.8. The first-order valence-electron chi connectivity index (χ1n) is 7.03. The monoisotopic (exact) mass is 253 g/mol. The maximum absolute atomic E-state index is 11.9. The molecular formula is C13H23N3O2. The molecule has 0 bridgehead atoms. The van der Waals surface area contributed by atoms with E-state index in [1.54, 1.807) is 0 Å². The van der Waals surface area contributed by atoms with Crippen LogP contribution in [0.25, 0.3) is 0 Å². The Kier molecular flexibility index (Phi) is 4.99. The third-order valence-corrected chi connectivity index (χ3v) is 3.46. The summed E-state index contributed by atoms with van der Waals surface area (Å²) in [4.78, 5) is 25.2. The quantitative estimate of drug-likeness (QED) is 0.738. The average Bonchev–Trinajstić information content (AvgIpc) is 3.14. The minimum atomic E-state index is 0.00108. The lowest BCUT2D eigenvalue weighted by molar-refractivity contribution is -0.130. The Morgan fingerprint density at radius 2 is 1.67 bits per heavy atom. The zero-order valence-electron chi connectivity index (χ0n) is 10.9. The molecule has 5 nitrogen and oxygen atoms in total. The minimum absolute atomic E-state index is 0.00108. The second-order valence-electron chi connectivity index (χ2n) is 5.24. The molecule has 0 atom stereocenters. The van der Waals surface area contributed by atoms with Crippen molar-refractivity contribution in [1.82, 2.24) is 15.5 Å². The fraction of sp³-hybridized carbons (Fsp3) is 0.846. The molecular weight excluding hydrogens is 230 g/mol. The molecule has 102 valence electrons. The van der Waals surface area contributed by atoms with Crippen molar-refractivity contribution in [2.75, 3.05) is 26.2 Å². The third-order valence-electron chi connectivity index (χ3n) is 3.46. The molecule has 1 saturated heterocycles. The number of likely N-dealkylation sites (tertiary alicyclic amines) is 1. The van der Waals surface area contributed by atoms with Gasteiger partial charge in [0.1, 0.15) is 0 Å². The fourth-order valence-corrected chi connectivity index (χ4v) is 2.22. The van der Waals surface area contributed by atoms with E-state index < -0.39 is 0 Å². The lowest BCUT2D eigenvalue weighted by Crippen LogP contribution is -2.42. The number of hydrogen-bond acceptors (Lipinski definition) is 3. The van der Waals surface area contributed by atoms with Gasteiger partial charge in [-0.25, -0.2) is 0 Å². The van der Waals surface area contributed by atoms with Crippen LogP contribution in [0.4, 0.5) is 0 Å². The van der Waals surface area contributed by atoms with Crippen LogP contribution >= 0.6 is 0 Å². The summed E-state index contributed by atoms with van der Waals surface area (Å²) in [6.07, 6.45) is 6.85. The van der Waals surface area contributed by atoms with Gasteiger partial charge in [0.05, 0.1) is 13.1 Å². The molecule has 0 radical (unpaired) electrons. The lowest BCUT2D eigenvalue weighted by atomic mass is 10.2. The topological polar surface area (TPSA) is 61.4 Å². The third kappa shape index (κ3) is 4.64. The highest BCUT2D eigenvalue weighted by atomic mass is 16.2. The van der Waals surface area contributed by atoms with Crippen LogP contribution in [0.3, 0.4) is 0 Å². The van der Waals surface area contributed by atoms with Gasteiger partial charge in [0.25, 0.3) is 0 Å². The first-order valence-corrected chi connectivity index (χ1v) is 7.03. The van der Waals surface area contributed by atoms with Gasteiger partial charge in [0.15, 0.2) is 0 Å². The molecule has 2 fully saturated rings.